The van der Waals surface area contributed by atoms with Crippen molar-refractivity contribution in [2.24, 2.45) is 5.10 Å². The normalized spacial score (nSPS) is 11.0. The third kappa shape index (κ3) is 4.30. The van der Waals surface area contributed by atoms with E-state index in [0.717, 1.165) is 22.5 Å². The molecule has 0 aliphatic carbocycles. The van der Waals surface area contributed by atoms with Gasteiger partial charge in [0.15, 0.2) is 6.61 Å². The van der Waals surface area contributed by atoms with Crippen LogP contribution in [-0.2, 0) is 4.79 Å². The molecule has 4 rings (SSSR count). The van der Waals surface area contributed by atoms with Gasteiger partial charge in [-0.15, -0.1) is 0 Å². The maximum Gasteiger partial charge on any atom is 0.277 e. The summed E-state index contributed by atoms with van der Waals surface area (Å²) in [4.78, 5) is 16.4. The number of para-hydroxylation sites is 1. The topological polar surface area (TPSA) is 77.7 Å². The van der Waals surface area contributed by atoms with Crippen molar-refractivity contribution >= 4 is 23.0 Å². The highest BCUT2D eigenvalue weighted by atomic mass is 16.5. The van der Waals surface area contributed by atoms with Crippen LogP contribution in [0.4, 0.5) is 0 Å². The Kier molecular flexibility index (Phi) is 5.70. The molecule has 0 saturated carbocycles. The maximum atomic E-state index is 12.1. The van der Waals surface area contributed by atoms with Crippen LogP contribution in [0.3, 0.4) is 0 Å². The number of hydrogen-bond acceptors (Lipinski definition) is 5. The number of carbonyl (C=O) groups excluding carboxylic acids is 1. The number of methoxy groups -OCH3 is 1. The van der Waals surface area contributed by atoms with Gasteiger partial charge in [-0.05, 0) is 48.5 Å². The molecule has 0 bridgehead atoms. The van der Waals surface area contributed by atoms with E-state index in [-0.39, 0.29) is 12.5 Å². The smallest absolute Gasteiger partial charge is 0.277 e. The predicted molar refractivity (Wildman–Crippen MR) is 115 cm³/mol. The van der Waals surface area contributed by atoms with Crippen LogP contribution in [0, 0.1) is 0 Å². The van der Waals surface area contributed by atoms with Gasteiger partial charge >= 0.3 is 0 Å². The second kappa shape index (κ2) is 8.91. The van der Waals surface area contributed by atoms with E-state index in [4.69, 9.17) is 9.47 Å². The summed E-state index contributed by atoms with van der Waals surface area (Å²) in [5.74, 6) is 0.983. The lowest BCUT2D eigenvalue weighted by atomic mass is 10.2. The van der Waals surface area contributed by atoms with Crippen LogP contribution in [0.2, 0.25) is 0 Å². The molecule has 4 aromatic rings. The number of fused-ring (bicyclic) bond motifs is 1. The fourth-order valence-corrected chi connectivity index (χ4v) is 3.02. The van der Waals surface area contributed by atoms with Crippen molar-refractivity contribution in [1.82, 2.24) is 15.0 Å². The van der Waals surface area contributed by atoms with Crippen molar-refractivity contribution in [2.75, 3.05) is 13.7 Å². The number of nitrogens with one attached hydrogen (secondary N) is 1. The number of benzene rings is 2. The van der Waals surface area contributed by atoms with Crippen molar-refractivity contribution in [1.29, 1.82) is 0 Å². The summed E-state index contributed by atoms with van der Waals surface area (Å²) in [6.45, 7) is -0.160. The molecule has 2 aromatic carbocycles. The molecule has 30 heavy (non-hydrogen) atoms. The molecule has 7 nitrogen and oxygen atoms in total. The predicted octanol–water partition coefficient (Wildman–Crippen LogP) is 3.56. The molecule has 0 unspecified atom stereocenters. The van der Waals surface area contributed by atoms with Crippen LogP contribution < -0.4 is 14.9 Å². The highest BCUT2D eigenvalue weighted by Gasteiger charge is 2.06. The first-order valence-corrected chi connectivity index (χ1v) is 9.35. The van der Waals surface area contributed by atoms with Gasteiger partial charge in [-0.1, -0.05) is 18.2 Å². The number of ether oxygens (including phenoxy) is 2. The Bertz CT molecular complexity index is 1180. The summed E-state index contributed by atoms with van der Waals surface area (Å²) in [5, 5.41) is 4.99. The van der Waals surface area contributed by atoms with Crippen LogP contribution in [-0.4, -0.2) is 35.4 Å². The summed E-state index contributed by atoms with van der Waals surface area (Å²) < 4.78 is 12.8. The highest BCUT2D eigenvalue weighted by molar-refractivity contribution is 5.85. The first-order valence-electron chi connectivity index (χ1n) is 9.35. The van der Waals surface area contributed by atoms with Gasteiger partial charge < -0.3 is 14.0 Å². The Morgan fingerprint density at radius 2 is 1.93 bits per heavy atom. The summed E-state index contributed by atoms with van der Waals surface area (Å²) in [5.41, 5.74) is 4.98. The lowest BCUT2D eigenvalue weighted by molar-refractivity contribution is -0.123. The summed E-state index contributed by atoms with van der Waals surface area (Å²) >= 11 is 0. The molecule has 0 radical (unpaired) electrons. The largest absolute Gasteiger partial charge is 0.497 e. The van der Waals surface area contributed by atoms with Gasteiger partial charge in [0, 0.05) is 23.5 Å². The van der Waals surface area contributed by atoms with Crippen LogP contribution in [0.5, 0.6) is 11.5 Å². The number of carbonyl (C=O) groups is 1. The Balaban J connectivity index is 1.37. The van der Waals surface area contributed by atoms with Crippen LogP contribution in [0.15, 0.2) is 84.2 Å². The second-order valence-electron chi connectivity index (χ2n) is 6.41. The monoisotopic (exact) mass is 400 g/mol. The number of amides is 1. The minimum Gasteiger partial charge on any atom is -0.497 e. The van der Waals surface area contributed by atoms with Gasteiger partial charge in [0.1, 0.15) is 17.0 Å². The summed E-state index contributed by atoms with van der Waals surface area (Å²) in [7, 11) is 1.63. The number of nitrogens with zero attached hydrogens (tertiary/aromatic N) is 3. The van der Waals surface area contributed by atoms with Crippen LogP contribution >= 0.6 is 0 Å². The zero-order valence-corrected chi connectivity index (χ0v) is 16.4. The molecule has 0 aliphatic rings. The maximum absolute atomic E-state index is 12.1. The van der Waals surface area contributed by atoms with Gasteiger partial charge in [0.2, 0.25) is 0 Å². The first-order chi connectivity index (χ1) is 14.7. The summed E-state index contributed by atoms with van der Waals surface area (Å²) in [6, 6.07) is 20.9. The Hall–Kier alpha value is -4.13. The zero-order valence-electron chi connectivity index (χ0n) is 16.4. The fraction of sp³-hybridized carbons (Fsp3) is 0.0870. The molecular weight excluding hydrogens is 380 g/mol. The fourth-order valence-electron chi connectivity index (χ4n) is 3.02. The van der Waals surface area contributed by atoms with Crippen LogP contribution in [0.1, 0.15) is 5.69 Å². The molecule has 0 saturated heterocycles. The van der Waals surface area contributed by atoms with E-state index in [1.165, 1.54) is 0 Å². The van der Waals surface area contributed by atoms with E-state index < -0.39 is 0 Å². The van der Waals surface area contributed by atoms with E-state index in [9.17, 15) is 4.79 Å². The third-order valence-corrected chi connectivity index (χ3v) is 4.47. The number of hydrogen-bond donors (Lipinski definition) is 1. The molecule has 0 atom stereocenters. The molecule has 0 aliphatic heterocycles. The lowest BCUT2D eigenvalue weighted by Gasteiger charge is -2.08. The molecule has 1 N–H and O–H groups in total. The van der Waals surface area contributed by atoms with E-state index in [1.807, 2.05) is 71.4 Å². The van der Waals surface area contributed by atoms with E-state index >= 15 is 0 Å². The first kappa shape index (κ1) is 19.2. The summed E-state index contributed by atoms with van der Waals surface area (Å²) in [6.07, 6.45) is 5.20. The van der Waals surface area contributed by atoms with Crippen molar-refractivity contribution in [3.63, 3.8) is 0 Å². The van der Waals surface area contributed by atoms with E-state index in [0.29, 0.717) is 11.3 Å². The number of hydrazone groups is 1. The van der Waals surface area contributed by atoms with Gasteiger partial charge in [0.25, 0.3) is 5.91 Å². The van der Waals surface area contributed by atoms with Crippen molar-refractivity contribution in [3.8, 4) is 17.2 Å². The quantitative estimate of drug-likeness (QED) is 0.380. The highest BCUT2D eigenvalue weighted by Crippen LogP contribution is 2.22. The molecule has 7 heteroatoms. The van der Waals surface area contributed by atoms with E-state index in [1.54, 1.807) is 25.6 Å². The molecule has 0 spiro atoms. The standard InChI is InChI=1S/C23H20N4O3/c1-29-20-11-9-18(10-12-20)27-14-4-7-19(27)15-25-26-22(28)16-30-21-8-2-5-17-6-3-13-24-23(17)21/h2-15H,16H2,1H3,(H,26,28)/b25-15+. The van der Waals surface area contributed by atoms with Gasteiger partial charge in [-0.2, -0.15) is 5.10 Å². The lowest BCUT2D eigenvalue weighted by Crippen LogP contribution is -2.24. The van der Waals surface area contributed by atoms with E-state index in [2.05, 4.69) is 15.5 Å². The van der Waals surface area contributed by atoms with Crippen LogP contribution in [0.25, 0.3) is 16.6 Å². The molecule has 150 valence electrons. The van der Waals surface area contributed by atoms with Gasteiger partial charge in [-0.25, -0.2) is 5.43 Å². The van der Waals surface area contributed by atoms with Crippen molar-refractivity contribution < 1.29 is 14.3 Å². The Morgan fingerprint density at radius 1 is 1.10 bits per heavy atom. The van der Waals surface area contributed by atoms with Gasteiger partial charge in [0.05, 0.1) is 19.0 Å². The Labute approximate surface area is 173 Å². The minimum absolute atomic E-state index is 0.160. The second-order valence-corrected chi connectivity index (χ2v) is 6.41. The molecule has 0 fully saturated rings. The average Bonchev–Trinajstić information content (AvgIpc) is 3.26. The van der Waals surface area contributed by atoms with Gasteiger partial charge in [-0.3, -0.25) is 9.78 Å². The molecule has 2 aromatic heterocycles. The zero-order chi connectivity index (χ0) is 20.8. The SMILES string of the molecule is COc1ccc(-n2cccc2/C=N/NC(=O)COc2cccc3cccnc23)cc1. The number of rotatable bonds is 7. The van der Waals surface area contributed by atoms with Crippen molar-refractivity contribution in [2.45, 2.75) is 0 Å². The molecule has 1 amide bonds. The average molecular weight is 400 g/mol. The molecule has 2 heterocycles. The molecular formula is C23H20N4O3. The third-order valence-electron chi connectivity index (χ3n) is 4.47. The minimum atomic E-state index is -0.360. The number of pyridine rings is 1. The van der Waals surface area contributed by atoms with Crippen molar-refractivity contribution in [3.05, 3.63) is 84.8 Å². The number of aromatic nitrogens is 2. The Morgan fingerprint density at radius 3 is 2.77 bits per heavy atom.